The quantitative estimate of drug-likeness (QED) is 0.460. The van der Waals surface area contributed by atoms with Crippen LogP contribution in [0.15, 0.2) is 48.8 Å². The summed E-state index contributed by atoms with van der Waals surface area (Å²) in [5, 5.41) is 3.25. The van der Waals surface area contributed by atoms with Crippen LogP contribution in [0.4, 0.5) is 0 Å². The van der Waals surface area contributed by atoms with Crippen LogP contribution in [0.25, 0.3) is 33.7 Å². The molecule has 2 N–H and O–H groups in total. The summed E-state index contributed by atoms with van der Waals surface area (Å²) in [6, 6.07) is 12.2. The molecule has 7 heteroatoms. The zero-order valence-electron chi connectivity index (χ0n) is 19.6. The molecule has 0 aliphatic heterocycles. The molecule has 0 unspecified atom stereocenters. The maximum atomic E-state index is 11.8. The smallest absolute Gasteiger partial charge is 0.217 e. The highest BCUT2D eigenvalue weighted by molar-refractivity contribution is 5.84. The molecule has 34 heavy (non-hydrogen) atoms. The van der Waals surface area contributed by atoms with Gasteiger partial charge in [-0.25, -0.2) is 4.98 Å². The third-order valence-electron chi connectivity index (χ3n) is 7.78. The van der Waals surface area contributed by atoms with Crippen LogP contribution in [0.3, 0.4) is 0 Å². The molecule has 7 rings (SSSR count). The summed E-state index contributed by atoms with van der Waals surface area (Å²) in [6.45, 7) is 3.63. The number of imidazole rings is 1. The Bertz CT molecular complexity index is 1380. The van der Waals surface area contributed by atoms with Crippen molar-refractivity contribution in [3.05, 3.63) is 60.3 Å². The average molecular weight is 453 g/mol. The summed E-state index contributed by atoms with van der Waals surface area (Å²) >= 11 is 0. The number of benzene rings is 1. The van der Waals surface area contributed by atoms with Gasteiger partial charge in [0.05, 0.1) is 28.1 Å². The molecular formula is C27H28N6O. The topological polar surface area (TPSA) is 96.5 Å². The van der Waals surface area contributed by atoms with Crippen LogP contribution in [0.5, 0.6) is 0 Å². The van der Waals surface area contributed by atoms with Crippen LogP contribution in [-0.4, -0.2) is 36.4 Å². The van der Waals surface area contributed by atoms with Crippen LogP contribution in [0.2, 0.25) is 0 Å². The lowest BCUT2D eigenvalue weighted by Crippen LogP contribution is -2.57. The SMILES string of the molecule is CC(=O)NC12CCC(c3nc(-c4ccc5nccnc5c4)c(-c4cccc(C)n4)[nH]3)(CC1)CC2. The number of amides is 1. The van der Waals surface area contributed by atoms with Gasteiger partial charge in [-0.1, -0.05) is 12.1 Å². The lowest BCUT2D eigenvalue weighted by Gasteiger charge is -2.52. The van der Waals surface area contributed by atoms with Crippen molar-refractivity contribution in [2.75, 3.05) is 0 Å². The van der Waals surface area contributed by atoms with Gasteiger partial charge in [0, 0.05) is 41.5 Å². The zero-order chi connectivity index (χ0) is 23.3. The second-order valence-corrected chi connectivity index (χ2v) is 9.97. The highest BCUT2D eigenvalue weighted by atomic mass is 16.1. The van der Waals surface area contributed by atoms with Crippen molar-refractivity contribution in [2.45, 2.75) is 63.3 Å². The normalized spacial score (nSPS) is 23.8. The Labute approximate surface area is 198 Å². The number of carbonyl (C=O) groups is 1. The zero-order valence-corrected chi connectivity index (χ0v) is 19.6. The molecule has 3 aliphatic carbocycles. The Hall–Kier alpha value is -3.61. The predicted molar refractivity (Wildman–Crippen MR) is 131 cm³/mol. The predicted octanol–water partition coefficient (Wildman–Crippen LogP) is 4.87. The van der Waals surface area contributed by atoms with Gasteiger partial charge in [-0.05, 0) is 69.7 Å². The molecule has 0 saturated heterocycles. The van der Waals surface area contributed by atoms with E-state index in [1.54, 1.807) is 19.3 Å². The summed E-state index contributed by atoms with van der Waals surface area (Å²) in [7, 11) is 0. The Kier molecular flexibility index (Phi) is 4.76. The number of hydrogen-bond donors (Lipinski definition) is 2. The first-order valence-corrected chi connectivity index (χ1v) is 12.0. The van der Waals surface area contributed by atoms with Gasteiger partial charge in [0.2, 0.25) is 5.91 Å². The first kappa shape index (κ1) is 21.0. The van der Waals surface area contributed by atoms with E-state index in [1.807, 2.05) is 31.2 Å². The lowest BCUT2D eigenvalue weighted by atomic mass is 9.57. The minimum atomic E-state index is -0.0407. The largest absolute Gasteiger partial charge is 0.351 e. The van der Waals surface area contributed by atoms with Crippen LogP contribution in [0, 0.1) is 6.92 Å². The second kappa shape index (κ2) is 7.72. The molecule has 3 heterocycles. The van der Waals surface area contributed by atoms with Crippen molar-refractivity contribution in [2.24, 2.45) is 0 Å². The monoisotopic (exact) mass is 452 g/mol. The number of aromatic amines is 1. The fourth-order valence-electron chi connectivity index (χ4n) is 5.91. The van der Waals surface area contributed by atoms with Gasteiger partial charge in [0.25, 0.3) is 0 Å². The number of nitrogens with one attached hydrogen (secondary N) is 2. The Morgan fingerprint density at radius 2 is 1.68 bits per heavy atom. The summed E-state index contributed by atoms with van der Waals surface area (Å²) in [5.74, 6) is 1.11. The lowest BCUT2D eigenvalue weighted by molar-refractivity contribution is -0.122. The molecule has 3 fully saturated rings. The van der Waals surface area contributed by atoms with E-state index in [4.69, 9.17) is 9.97 Å². The Morgan fingerprint density at radius 3 is 2.38 bits per heavy atom. The fourth-order valence-corrected chi connectivity index (χ4v) is 5.91. The van der Waals surface area contributed by atoms with Crippen molar-refractivity contribution < 1.29 is 4.79 Å². The number of rotatable bonds is 4. The molecule has 1 aromatic carbocycles. The number of nitrogens with zero attached hydrogens (tertiary/aromatic N) is 4. The number of H-pyrrole nitrogens is 1. The highest BCUT2D eigenvalue weighted by Crippen LogP contribution is 2.53. The Morgan fingerprint density at radius 1 is 0.941 bits per heavy atom. The van der Waals surface area contributed by atoms with Gasteiger partial charge >= 0.3 is 0 Å². The molecule has 7 nitrogen and oxygen atoms in total. The van der Waals surface area contributed by atoms with Gasteiger partial charge in [-0.2, -0.15) is 0 Å². The van der Waals surface area contributed by atoms with E-state index in [1.165, 1.54) is 0 Å². The molecule has 2 bridgehead atoms. The maximum absolute atomic E-state index is 11.8. The first-order chi connectivity index (χ1) is 16.5. The molecule has 3 saturated carbocycles. The van der Waals surface area contributed by atoms with E-state index in [0.29, 0.717) is 0 Å². The van der Waals surface area contributed by atoms with E-state index < -0.39 is 0 Å². The first-order valence-electron chi connectivity index (χ1n) is 12.0. The van der Waals surface area contributed by atoms with E-state index >= 15 is 0 Å². The number of fused-ring (bicyclic) bond motifs is 4. The van der Waals surface area contributed by atoms with E-state index in [2.05, 4.69) is 32.4 Å². The number of aromatic nitrogens is 5. The molecule has 3 aliphatic rings. The second-order valence-electron chi connectivity index (χ2n) is 9.97. The maximum Gasteiger partial charge on any atom is 0.217 e. The number of carbonyl (C=O) groups excluding carboxylic acids is 1. The third kappa shape index (κ3) is 3.47. The van der Waals surface area contributed by atoms with Crippen LogP contribution < -0.4 is 5.32 Å². The molecule has 0 atom stereocenters. The van der Waals surface area contributed by atoms with Crippen molar-refractivity contribution in [1.82, 2.24) is 30.2 Å². The number of pyridine rings is 1. The van der Waals surface area contributed by atoms with Gasteiger partial charge in [0.15, 0.2) is 0 Å². The van der Waals surface area contributed by atoms with Gasteiger partial charge < -0.3 is 10.3 Å². The minimum Gasteiger partial charge on any atom is -0.351 e. The minimum absolute atomic E-state index is 0.00764. The molecule has 172 valence electrons. The Balaban J connectivity index is 1.45. The summed E-state index contributed by atoms with van der Waals surface area (Å²) in [4.78, 5) is 34.4. The molecule has 1 amide bonds. The molecule has 3 aromatic heterocycles. The van der Waals surface area contributed by atoms with Gasteiger partial charge in [-0.3, -0.25) is 19.7 Å². The summed E-state index contributed by atoms with van der Waals surface area (Å²) < 4.78 is 0. The molecular weight excluding hydrogens is 424 g/mol. The standard InChI is InChI=1S/C27H28N6O/c1-17-4-3-5-21(30-17)24-23(19-6-7-20-22(16-19)29-15-14-28-20)31-25(32-24)26-8-11-27(12-9-26,13-10-26)33-18(2)34/h3-7,14-16H,8-13H2,1-2H3,(H,31,32)(H,33,34). The van der Waals surface area contributed by atoms with E-state index in [9.17, 15) is 4.79 Å². The third-order valence-corrected chi connectivity index (χ3v) is 7.78. The number of hydrogen-bond acceptors (Lipinski definition) is 5. The van der Waals surface area contributed by atoms with Gasteiger partial charge in [0.1, 0.15) is 5.82 Å². The van der Waals surface area contributed by atoms with Crippen molar-refractivity contribution >= 4 is 16.9 Å². The van der Waals surface area contributed by atoms with E-state index in [0.717, 1.165) is 83.7 Å². The van der Waals surface area contributed by atoms with Crippen molar-refractivity contribution in [3.63, 3.8) is 0 Å². The average Bonchev–Trinajstić information content (AvgIpc) is 3.31. The summed E-state index contributed by atoms with van der Waals surface area (Å²) in [5.41, 5.74) is 6.39. The van der Waals surface area contributed by atoms with Crippen LogP contribution in [0.1, 0.15) is 57.0 Å². The van der Waals surface area contributed by atoms with Crippen LogP contribution >= 0.6 is 0 Å². The summed E-state index contributed by atoms with van der Waals surface area (Å²) in [6.07, 6.45) is 9.46. The fraction of sp³-hybridized carbons (Fsp3) is 0.370. The molecule has 4 aromatic rings. The van der Waals surface area contributed by atoms with Gasteiger partial charge in [-0.15, -0.1) is 0 Å². The highest BCUT2D eigenvalue weighted by Gasteiger charge is 2.51. The van der Waals surface area contributed by atoms with E-state index in [-0.39, 0.29) is 16.9 Å². The van der Waals surface area contributed by atoms with Crippen molar-refractivity contribution in [1.29, 1.82) is 0 Å². The molecule has 0 spiro atoms. The number of aryl methyl sites for hydroxylation is 1. The van der Waals surface area contributed by atoms with Crippen molar-refractivity contribution in [3.8, 4) is 22.6 Å². The van der Waals surface area contributed by atoms with Crippen LogP contribution in [-0.2, 0) is 10.2 Å². The molecule has 0 radical (unpaired) electrons.